The Bertz CT molecular complexity index is 405. The summed E-state index contributed by atoms with van der Waals surface area (Å²) < 4.78 is 27.4. The predicted octanol–water partition coefficient (Wildman–Crippen LogP) is 1.35. The minimum Gasteiger partial charge on any atom is -0.478 e. The van der Waals surface area contributed by atoms with Crippen molar-refractivity contribution >= 4 is 28.4 Å². The van der Waals surface area contributed by atoms with E-state index in [1.165, 1.54) is 6.92 Å². The van der Waals surface area contributed by atoms with Crippen LogP contribution in [-0.4, -0.2) is 27.8 Å². The first kappa shape index (κ1) is 11.5. The van der Waals surface area contributed by atoms with E-state index in [1.54, 1.807) is 5.32 Å². The summed E-state index contributed by atoms with van der Waals surface area (Å²) in [6.45, 7) is 1.41. The van der Waals surface area contributed by atoms with Gasteiger partial charge in [0.15, 0.2) is 0 Å². The van der Waals surface area contributed by atoms with E-state index < -0.39 is 18.3 Å². The maximum atomic E-state index is 11.9. The molecule has 0 bridgehead atoms. The summed E-state index contributed by atoms with van der Waals surface area (Å²) >= 11 is 0.654. The summed E-state index contributed by atoms with van der Waals surface area (Å²) in [7, 11) is 0. The quantitative estimate of drug-likeness (QED) is 0.830. The summed E-state index contributed by atoms with van der Waals surface area (Å²) in [5, 5.41) is 10.3. The number of aromatic carboxylic acids is 1. The summed E-state index contributed by atoms with van der Waals surface area (Å²) in [4.78, 5) is 21.3. The van der Waals surface area contributed by atoms with E-state index in [1.807, 2.05) is 0 Å². The second kappa shape index (κ2) is 4.30. The Morgan fingerprint density at radius 2 is 2.13 bits per heavy atom. The van der Waals surface area contributed by atoms with Gasteiger partial charge in [0.1, 0.15) is 10.6 Å². The number of carbonyl (C=O) groups is 2. The van der Waals surface area contributed by atoms with Gasteiger partial charge < -0.3 is 10.4 Å². The highest BCUT2D eigenvalue weighted by atomic mass is 32.1. The highest BCUT2D eigenvalue weighted by Crippen LogP contribution is 2.24. The van der Waals surface area contributed by atoms with Crippen molar-refractivity contribution in [1.29, 1.82) is 0 Å². The molecule has 1 amide bonds. The molecule has 1 aromatic heterocycles. The van der Waals surface area contributed by atoms with E-state index in [0.29, 0.717) is 11.5 Å². The summed E-state index contributed by atoms with van der Waals surface area (Å²) in [5.41, 5.74) is -0.0777. The summed E-state index contributed by atoms with van der Waals surface area (Å²) in [6, 6.07) is 0. The van der Waals surface area contributed by atoms with E-state index >= 15 is 0 Å². The van der Waals surface area contributed by atoms with Crippen molar-refractivity contribution in [3.05, 3.63) is 11.3 Å². The minimum atomic E-state index is -3.19. The van der Waals surface area contributed by atoms with Crippen molar-refractivity contribution in [3.63, 3.8) is 0 Å². The van der Waals surface area contributed by atoms with Gasteiger partial charge in [-0.15, -0.1) is 0 Å². The van der Waals surface area contributed by atoms with Gasteiger partial charge in [-0.1, -0.05) is 0 Å². The average Bonchev–Trinajstić information content (AvgIpc) is 2.46. The number of aromatic nitrogens is 1. The standard InChI is InChI=1S/C7H6F2N2O3S/c1-2-3(7(13)14)6(15-11-2)10-5(12)4(8)9/h4H,1H3,(H,10,12)(H,13,14). The van der Waals surface area contributed by atoms with Gasteiger partial charge in [-0.25, -0.2) is 4.79 Å². The number of carboxylic acid groups (broad SMARTS) is 1. The highest BCUT2D eigenvalue weighted by Gasteiger charge is 2.22. The maximum Gasteiger partial charge on any atom is 0.340 e. The smallest absolute Gasteiger partial charge is 0.340 e. The van der Waals surface area contributed by atoms with Crippen LogP contribution >= 0.6 is 11.5 Å². The van der Waals surface area contributed by atoms with Gasteiger partial charge in [0.25, 0.3) is 5.91 Å². The molecular formula is C7H6F2N2O3S. The fraction of sp³-hybridized carbons (Fsp3) is 0.286. The van der Waals surface area contributed by atoms with Crippen LogP contribution in [0.1, 0.15) is 16.1 Å². The molecule has 0 aliphatic rings. The maximum absolute atomic E-state index is 11.9. The zero-order valence-electron chi connectivity index (χ0n) is 7.45. The Balaban J connectivity index is 2.96. The number of hydrogen-bond donors (Lipinski definition) is 2. The van der Waals surface area contributed by atoms with Crippen molar-refractivity contribution in [3.8, 4) is 0 Å². The number of carbonyl (C=O) groups excluding carboxylic acids is 1. The topological polar surface area (TPSA) is 79.3 Å². The van der Waals surface area contributed by atoms with Gasteiger partial charge >= 0.3 is 12.4 Å². The van der Waals surface area contributed by atoms with Crippen molar-refractivity contribution in [2.45, 2.75) is 13.3 Å². The molecule has 0 spiro atoms. The number of halogens is 2. The van der Waals surface area contributed by atoms with Crippen LogP contribution in [0.5, 0.6) is 0 Å². The van der Waals surface area contributed by atoms with Gasteiger partial charge in [-0.2, -0.15) is 13.2 Å². The largest absolute Gasteiger partial charge is 0.478 e. The molecule has 1 rings (SSSR count). The molecule has 0 aliphatic heterocycles. The lowest BCUT2D eigenvalue weighted by atomic mass is 10.2. The van der Waals surface area contributed by atoms with Crippen molar-refractivity contribution in [2.24, 2.45) is 0 Å². The Morgan fingerprint density at radius 3 is 2.60 bits per heavy atom. The van der Waals surface area contributed by atoms with Crippen LogP contribution in [0, 0.1) is 6.92 Å². The molecule has 1 heterocycles. The van der Waals surface area contributed by atoms with E-state index in [2.05, 4.69) is 4.37 Å². The Kier molecular flexibility index (Phi) is 3.30. The van der Waals surface area contributed by atoms with Crippen LogP contribution in [0.25, 0.3) is 0 Å². The zero-order chi connectivity index (χ0) is 11.6. The molecule has 8 heteroatoms. The molecule has 0 saturated heterocycles. The molecular weight excluding hydrogens is 230 g/mol. The average molecular weight is 236 g/mol. The van der Waals surface area contributed by atoms with Crippen LogP contribution in [0.2, 0.25) is 0 Å². The molecule has 0 aromatic carbocycles. The normalized spacial score (nSPS) is 10.4. The SMILES string of the molecule is Cc1nsc(NC(=O)C(F)F)c1C(=O)O. The lowest BCUT2D eigenvalue weighted by Crippen LogP contribution is -2.20. The Hall–Kier alpha value is -1.57. The van der Waals surface area contributed by atoms with E-state index in [-0.39, 0.29) is 16.3 Å². The van der Waals surface area contributed by atoms with Crippen LogP contribution in [-0.2, 0) is 4.79 Å². The van der Waals surface area contributed by atoms with Gasteiger partial charge in [0, 0.05) is 0 Å². The third-order valence-electron chi connectivity index (χ3n) is 1.51. The van der Waals surface area contributed by atoms with Crippen LogP contribution in [0.15, 0.2) is 0 Å². The first-order valence-electron chi connectivity index (χ1n) is 3.72. The second-order valence-corrected chi connectivity index (χ2v) is 3.34. The number of amides is 1. The van der Waals surface area contributed by atoms with Crippen molar-refractivity contribution in [2.75, 3.05) is 5.32 Å². The molecule has 0 fully saturated rings. The number of rotatable bonds is 3. The first-order valence-corrected chi connectivity index (χ1v) is 4.49. The third-order valence-corrected chi connectivity index (χ3v) is 2.37. The predicted molar refractivity (Wildman–Crippen MR) is 48.4 cm³/mol. The molecule has 82 valence electrons. The Morgan fingerprint density at radius 1 is 1.53 bits per heavy atom. The molecule has 0 aliphatic carbocycles. The minimum absolute atomic E-state index is 0.176. The fourth-order valence-corrected chi connectivity index (χ4v) is 1.67. The molecule has 15 heavy (non-hydrogen) atoms. The van der Waals surface area contributed by atoms with E-state index in [4.69, 9.17) is 5.11 Å². The zero-order valence-corrected chi connectivity index (χ0v) is 8.27. The number of nitrogens with zero attached hydrogens (tertiary/aromatic N) is 1. The van der Waals surface area contributed by atoms with E-state index in [9.17, 15) is 18.4 Å². The summed E-state index contributed by atoms with van der Waals surface area (Å²) in [5.74, 6) is -2.85. The molecule has 0 atom stereocenters. The number of nitrogens with one attached hydrogen (secondary N) is 1. The van der Waals surface area contributed by atoms with Crippen molar-refractivity contribution in [1.82, 2.24) is 4.37 Å². The molecule has 5 nitrogen and oxygen atoms in total. The monoisotopic (exact) mass is 236 g/mol. The number of aryl methyl sites for hydroxylation is 1. The molecule has 0 saturated carbocycles. The van der Waals surface area contributed by atoms with Crippen LogP contribution in [0.3, 0.4) is 0 Å². The van der Waals surface area contributed by atoms with Crippen LogP contribution < -0.4 is 5.32 Å². The molecule has 0 radical (unpaired) electrons. The van der Waals surface area contributed by atoms with Crippen LogP contribution in [0.4, 0.5) is 13.8 Å². The third kappa shape index (κ3) is 2.46. The van der Waals surface area contributed by atoms with E-state index in [0.717, 1.165) is 0 Å². The molecule has 0 unspecified atom stereocenters. The molecule has 1 aromatic rings. The highest BCUT2D eigenvalue weighted by molar-refractivity contribution is 7.11. The summed E-state index contributed by atoms with van der Waals surface area (Å²) in [6.07, 6.45) is -3.19. The second-order valence-electron chi connectivity index (χ2n) is 2.57. The fourth-order valence-electron chi connectivity index (χ4n) is 0.873. The lowest BCUT2D eigenvalue weighted by molar-refractivity contribution is -0.126. The number of alkyl halides is 2. The molecule has 2 N–H and O–H groups in total. The van der Waals surface area contributed by atoms with Gasteiger partial charge in [0.05, 0.1) is 5.69 Å². The van der Waals surface area contributed by atoms with Crippen molar-refractivity contribution < 1.29 is 23.5 Å². The Labute approximate surface area is 86.9 Å². The number of hydrogen-bond acceptors (Lipinski definition) is 4. The van der Waals surface area contributed by atoms with Gasteiger partial charge in [-0.3, -0.25) is 4.79 Å². The first-order chi connectivity index (χ1) is 6.93. The number of carboxylic acids is 1. The van der Waals surface area contributed by atoms with Gasteiger partial charge in [-0.05, 0) is 18.5 Å². The number of anilines is 1. The van der Waals surface area contributed by atoms with Gasteiger partial charge in [0.2, 0.25) is 0 Å². The lowest BCUT2D eigenvalue weighted by Gasteiger charge is -2.01.